The Bertz CT molecular complexity index is 810. The SMILES string of the molecule is CCNC(=NCCc1nc(-c2ccc(Cl)cc2)no1)N1CCC2(CCCC2)C1. The third-order valence-electron chi connectivity index (χ3n) is 5.89. The lowest BCUT2D eigenvalue weighted by atomic mass is 9.86. The number of guanidine groups is 1. The molecule has 7 heteroatoms. The molecule has 1 saturated carbocycles. The van der Waals surface area contributed by atoms with Crippen LogP contribution in [0.4, 0.5) is 0 Å². The lowest BCUT2D eigenvalue weighted by molar-refractivity contribution is 0.309. The molecule has 0 bridgehead atoms. The van der Waals surface area contributed by atoms with Gasteiger partial charge in [-0.1, -0.05) is 29.6 Å². The van der Waals surface area contributed by atoms with E-state index in [4.69, 9.17) is 21.1 Å². The van der Waals surface area contributed by atoms with Crippen LogP contribution in [-0.4, -0.2) is 47.2 Å². The molecule has 2 aromatic rings. The van der Waals surface area contributed by atoms with Crippen LogP contribution in [0.25, 0.3) is 11.4 Å². The van der Waals surface area contributed by atoms with Gasteiger partial charge in [0.1, 0.15) is 0 Å². The number of benzene rings is 1. The first kappa shape index (κ1) is 19.2. The number of hydrogen-bond donors (Lipinski definition) is 1. The van der Waals surface area contributed by atoms with E-state index in [-0.39, 0.29) is 0 Å². The van der Waals surface area contributed by atoms with E-state index in [2.05, 4.69) is 27.3 Å². The van der Waals surface area contributed by atoms with Gasteiger partial charge in [0.15, 0.2) is 5.96 Å². The Labute approximate surface area is 171 Å². The van der Waals surface area contributed by atoms with Crippen LogP contribution in [-0.2, 0) is 6.42 Å². The van der Waals surface area contributed by atoms with E-state index in [9.17, 15) is 0 Å². The van der Waals surface area contributed by atoms with Gasteiger partial charge >= 0.3 is 0 Å². The molecule has 2 heterocycles. The van der Waals surface area contributed by atoms with E-state index < -0.39 is 0 Å². The van der Waals surface area contributed by atoms with E-state index in [1.165, 1.54) is 32.1 Å². The molecule has 1 aromatic heterocycles. The molecule has 1 aliphatic heterocycles. The van der Waals surface area contributed by atoms with Crippen molar-refractivity contribution < 1.29 is 4.52 Å². The summed E-state index contributed by atoms with van der Waals surface area (Å²) >= 11 is 5.93. The first-order chi connectivity index (χ1) is 13.7. The van der Waals surface area contributed by atoms with Gasteiger partial charge in [-0.3, -0.25) is 4.99 Å². The third-order valence-corrected chi connectivity index (χ3v) is 6.15. The molecule has 0 radical (unpaired) electrons. The van der Waals surface area contributed by atoms with Gasteiger partial charge in [-0.25, -0.2) is 0 Å². The zero-order chi connectivity index (χ0) is 19.4. The van der Waals surface area contributed by atoms with Gasteiger partial charge in [0.25, 0.3) is 0 Å². The minimum Gasteiger partial charge on any atom is -0.357 e. The Morgan fingerprint density at radius 3 is 2.79 bits per heavy atom. The molecule has 0 atom stereocenters. The van der Waals surface area contributed by atoms with Crippen molar-refractivity contribution in [2.24, 2.45) is 10.4 Å². The molecule has 28 heavy (non-hydrogen) atoms. The molecule has 4 rings (SSSR count). The second-order valence-electron chi connectivity index (χ2n) is 7.88. The van der Waals surface area contributed by atoms with Gasteiger partial charge in [0, 0.05) is 36.6 Å². The summed E-state index contributed by atoms with van der Waals surface area (Å²) < 4.78 is 5.40. The zero-order valence-corrected chi connectivity index (χ0v) is 17.2. The lowest BCUT2D eigenvalue weighted by Crippen LogP contribution is -2.41. The first-order valence-corrected chi connectivity index (χ1v) is 10.7. The van der Waals surface area contributed by atoms with Crippen molar-refractivity contribution >= 4 is 17.6 Å². The lowest BCUT2D eigenvalue weighted by Gasteiger charge is -2.25. The van der Waals surface area contributed by atoms with Gasteiger partial charge in [0.05, 0.1) is 6.54 Å². The highest BCUT2D eigenvalue weighted by atomic mass is 35.5. The van der Waals surface area contributed by atoms with Crippen LogP contribution in [0.1, 0.15) is 44.9 Å². The largest absolute Gasteiger partial charge is 0.357 e. The third kappa shape index (κ3) is 4.32. The average molecular weight is 402 g/mol. The van der Waals surface area contributed by atoms with Crippen LogP contribution < -0.4 is 5.32 Å². The fourth-order valence-corrected chi connectivity index (χ4v) is 4.53. The topological polar surface area (TPSA) is 66.5 Å². The molecular weight excluding hydrogens is 374 g/mol. The predicted octanol–water partition coefficient (Wildman–Crippen LogP) is 4.16. The van der Waals surface area contributed by atoms with Gasteiger partial charge in [0.2, 0.25) is 11.7 Å². The van der Waals surface area contributed by atoms with Crippen molar-refractivity contribution in [2.45, 2.75) is 45.4 Å². The van der Waals surface area contributed by atoms with Crippen molar-refractivity contribution in [1.29, 1.82) is 0 Å². The Balaban J connectivity index is 1.36. The van der Waals surface area contributed by atoms with Crippen LogP contribution in [0.2, 0.25) is 5.02 Å². The van der Waals surface area contributed by atoms with E-state index in [0.29, 0.717) is 35.1 Å². The smallest absolute Gasteiger partial charge is 0.228 e. The van der Waals surface area contributed by atoms with E-state index >= 15 is 0 Å². The van der Waals surface area contributed by atoms with Crippen LogP contribution in [0, 0.1) is 5.41 Å². The Kier molecular flexibility index (Phi) is 5.85. The number of halogens is 1. The molecule has 1 aromatic carbocycles. The summed E-state index contributed by atoms with van der Waals surface area (Å²) in [6.45, 7) is 5.87. The molecule has 0 amide bonds. The molecule has 1 saturated heterocycles. The van der Waals surface area contributed by atoms with Crippen molar-refractivity contribution in [1.82, 2.24) is 20.4 Å². The monoisotopic (exact) mass is 401 g/mol. The minimum absolute atomic E-state index is 0.538. The number of likely N-dealkylation sites (tertiary alicyclic amines) is 1. The second-order valence-corrected chi connectivity index (χ2v) is 8.32. The van der Waals surface area contributed by atoms with Crippen LogP contribution >= 0.6 is 11.6 Å². The number of hydrogen-bond acceptors (Lipinski definition) is 4. The summed E-state index contributed by atoms with van der Waals surface area (Å²) in [6, 6.07) is 7.44. The maximum absolute atomic E-state index is 5.93. The molecule has 2 aliphatic rings. The summed E-state index contributed by atoms with van der Waals surface area (Å²) in [4.78, 5) is 11.7. The highest BCUT2D eigenvalue weighted by Crippen LogP contribution is 2.45. The van der Waals surface area contributed by atoms with Crippen LogP contribution in [0.15, 0.2) is 33.8 Å². The molecule has 1 aliphatic carbocycles. The van der Waals surface area contributed by atoms with E-state index in [0.717, 1.165) is 31.2 Å². The standard InChI is InChI=1S/C21H28ClN5O/c1-2-23-20(27-14-12-21(15-27)10-3-4-11-21)24-13-9-18-25-19(26-28-18)16-5-7-17(22)8-6-16/h5-8H,2-4,9-15H2,1H3,(H,23,24). The minimum atomic E-state index is 0.538. The number of nitrogens with zero attached hydrogens (tertiary/aromatic N) is 4. The fourth-order valence-electron chi connectivity index (χ4n) is 4.40. The number of aliphatic imine (C=N–C) groups is 1. The predicted molar refractivity (Wildman–Crippen MR) is 112 cm³/mol. The van der Waals surface area contributed by atoms with Gasteiger partial charge in [-0.15, -0.1) is 0 Å². The maximum Gasteiger partial charge on any atom is 0.228 e. The Morgan fingerprint density at radius 1 is 1.25 bits per heavy atom. The molecule has 150 valence electrons. The van der Waals surface area contributed by atoms with Crippen molar-refractivity contribution in [2.75, 3.05) is 26.2 Å². The van der Waals surface area contributed by atoms with Crippen LogP contribution in [0.5, 0.6) is 0 Å². The van der Waals surface area contributed by atoms with Crippen LogP contribution in [0.3, 0.4) is 0 Å². The molecule has 6 nitrogen and oxygen atoms in total. The zero-order valence-electron chi connectivity index (χ0n) is 16.5. The average Bonchev–Trinajstić information content (AvgIpc) is 3.45. The molecular formula is C21H28ClN5O. The summed E-state index contributed by atoms with van der Waals surface area (Å²) in [7, 11) is 0. The number of rotatable bonds is 5. The summed E-state index contributed by atoms with van der Waals surface area (Å²) in [5.41, 5.74) is 1.44. The van der Waals surface area contributed by atoms with Crippen molar-refractivity contribution in [3.05, 3.63) is 35.2 Å². The second kappa shape index (κ2) is 8.52. The quantitative estimate of drug-likeness (QED) is 0.601. The van der Waals surface area contributed by atoms with Crippen molar-refractivity contribution in [3.8, 4) is 11.4 Å². The van der Waals surface area contributed by atoms with Gasteiger partial charge in [-0.2, -0.15) is 4.98 Å². The first-order valence-electron chi connectivity index (χ1n) is 10.3. The number of nitrogens with one attached hydrogen (secondary N) is 1. The van der Waals surface area contributed by atoms with E-state index in [1.807, 2.05) is 24.3 Å². The molecule has 0 unspecified atom stereocenters. The molecule has 2 fully saturated rings. The molecule has 1 N–H and O–H groups in total. The van der Waals surface area contributed by atoms with E-state index in [1.54, 1.807) is 0 Å². The maximum atomic E-state index is 5.93. The molecule has 1 spiro atoms. The highest BCUT2D eigenvalue weighted by Gasteiger charge is 2.41. The van der Waals surface area contributed by atoms with Gasteiger partial charge < -0.3 is 14.7 Å². The highest BCUT2D eigenvalue weighted by molar-refractivity contribution is 6.30. The fraction of sp³-hybridized carbons (Fsp3) is 0.571. The summed E-state index contributed by atoms with van der Waals surface area (Å²) in [5.74, 6) is 2.22. The normalized spacial score (nSPS) is 18.9. The summed E-state index contributed by atoms with van der Waals surface area (Å²) in [6.07, 6.45) is 7.44. The summed E-state index contributed by atoms with van der Waals surface area (Å²) in [5, 5.41) is 8.22. The van der Waals surface area contributed by atoms with Crippen molar-refractivity contribution in [3.63, 3.8) is 0 Å². The Morgan fingerprint density at radius 2 is 2.04 bits per heavy atom. The number of aromatic nitrogens is 2. The Hall–Kier alpha value is -2.08. The van der Waals surface area contributed by atoms with Gasteiger partial charge in [-0.05, 0) is 55.9 Å².